The van der Waals surface area contributed by atoms with Crippen LogP contribution in [-0.4, -0.2) is 125 Å². The second-order valence-electron chi connectivity index (χ2n) is 13.5. The zero-order valence-electron chi connectivity index (χ0n) is 32.0. The predicted octanol–water partition coefficient (Wildman–Crippen LogP) is 1.61. The van der Waals surface area contributed by atoms with Crippen LogP contribution < -0.4 is 25.4 Å². The molecule has 0 radical (unpaired) electrons. The number of hydrogen-bond donors (Lipinski definition) is 3. The fraction of sp³-hybridized carbons (Fsp3) is 0.421. The summed E-state index contributed by atoms with van der Waals surface area (Å²) < 4.78 is 30.1. The van der Waals surface area contributed by atoms with Crippen LogP contribution in [0.1, 0.15) is 61.8 Å². The number of carbonyl (C=O) groups is 6. The van der Waals surface area contributed by atoms with Gasteiger partial charge in [0.25, 0.3) is 17.7 Å². The SMILES string of the molecule is CNC(=O)c1sc(-c2ccnc(NC(=O)C3CC3)c2)nc1OCCOCCOCCOCCn1cc(COc2cccc3c2C(=O)N(C2CCC(=O)NC2=O)C3=O)nn1. The fourth-order valence-corrected chi connectivity index (χ4v) is 7.11. The Morgan fingerprint density at radius 3 is 2.44 bits per heavy atom. The van der Waals surface area contributed by atoms with Gasteiger partial charge in [-0.25, -0.2) is 14.6 Å². The summed E-state index contributed by atoms with van der Waals surface area (Å²) in [5, 5.41) is 16.3. The lowest BCUT2D eigenvalue weighted by Gasteiger charge is -2.27. The number of fused-ring (bicyclic) bond motifs is 1. The number of nitrogens with zero attached hydrogens (tertiary/aromatic N) is 6. The number of aromatic nitrogens is 5. The van der Waals surface area contributed by atoms with Gasteiger partial charge >= 0.3 is 0 Å². The third-order valence-corrected chi connectivity index (χ3v) is 10.4. The fourth-order valence-electron chi connectivity index (χ4n) is 6.16. The Balaban J connectivity index is 0.759. The zero-order valence-corrected chi connectivity index (χ0v) is 32.8. The molecule has 20 nitrogen and oxygen atoms in total. The Bertz CT molecular complexity index is 2220. The van der Waals surface area contributed by atoms with Gasteiger partial charge in [0.15, 0.2) is 4.88 Å². The summed E-state index contributed by atoms with van der Waals surface area (Å²) in [4.78, 5) is 84.9. The average molecular weight is 832 g/mol. The van der Waals surface area contributed by atoms with E-state index in [2.05, 4.69) is 36.2 Å². The molecule has 1 aliphatic carbocycles. The van der Waals surface area contributed by atoms with E-state index in [1.165, 1.54) is 24.5 Å². The molecule has 21 heteroatoms. The third kappa shape index (κ3) is 10.1. The van der Waals surface area contributed by atoms with Crippen LogP contribution in [0.15, 0.2) is 42.7 Å². The lowest BCUT2D eigenvalue weighted by Crippen LogP contribution is -2.54. The van der Waals surface area contributed by atoms with Gasteiger partial charge in [-0.3, -0.25) is 39.0 Å². The van der Waals surface area contributed by atoms with E-state index in [1.807, 2.05) is 0 Å². The summed E-state index contributed by atoms with van der Waals surface area (Å²) in [5.41, 5.74) is 1.35. The number of thiazole rings is 1. The van der Waals surface area contributed by atoms with Gasteiger partial charge in [0.05, 0.1) is 63.5 Å². The van der Waals surface area contributed by atoms with Gasteiger partial charge in [-0.15, -0.1) is 16.4 Å². The molecule has 310 valence electrons. The van der Waals surface area contributed by atoms with Crippen molar-refractivity contribution in [3.05, 3.63) is 64.4 Å². The molecule has 1 unspecified atom stereocenters. The number of nitrogens with one attached hydrogen (secondary N) is 3. The molecule has 6 amide bonds. The van der Waals surface area contributed by atoms with Gasteiger partial charge in [-0.1, -0.05) is 11.3 Å². The predicted molar refractivity (Wildman–Crippen MR) is 206 cm³/mol. The highest BCUT2D eigenvalue weighted by Crippen LogP contribution is 2.35. The van der Waals surface area contributed by atoms with Crippen molar-refractivity contribution in [1.29, 1.82) is 0 Å². The summed E-state index contributed by atoms with van der Waals surface area (Å²) in [6.07, 6.45) is 5.10. The normalized spacial score (nSPS) is 16.2. The smallest absolute Gasteiger partial charge is 0.266 e. The number of imide groups is 2. The first-order chi connectivity index (χ1) is 28.7. The molecule has 59 heavy (non-hydrogen) atoms. The Kier molecular flexibility index (Phi) is 13.3. The molecule has 0 bridgehead atoms. The van der Waals surface area contributed by atoms with Crippen molar-refractivity contribution < 1.29 is 52.5 Å². The highest BCUT2D eigenvalue weighted by Gasteiger charge is 2.46. The Hall–Kier alpha value is -6.16. The summed E-state index contributed by atoms with van der Waals surface area (Å²) in [7, 11) is 1.53. The van der Waals surface area contributed by atoms with Crippen molar-refractivity contribution in [3.63, 3.8) is 0 Å². The number of ether oxygens (including phenoxy) is 5. The van der Waals surface area contributed by atoms with E-state index < -0.39 is 29.7 Å². The van der Waals surface area contributed by atoms with Crippen LogP contribution in [0, 0.1) is 5.92 Å². The van der Waals surface area contributed by atoms with Gasteiger partial charge in [-0.2, -0.15) is 0 Å². The van der Waals surface area contributed by atoms with Gasteiger partial charge in [0.1, 0.15) is 41.5 Å². The van der Waals surface area contributed by atoms with Crippen LogP contribution in [0.3, 0.4) is 0 Å². The number of rotatable bonds is 21. The molecule has 4 aromatic rings. The average Bonchev–Trinajstić information content (AvgIpc) is 3.77. The first kappa shape index (κ1) is 41.0. The van der Waals surface area contributed by atoms with E-state index in [9.17, 15) is 28.8 Å². The minimum Gasteiger partial charge on any atom is -0.486 e. The molecule has 1 saturated carbocycles. The first-order valence-electron chi connectivity index (χ1n) is 18.9. The number of benzene rings is 1. The number of amides is 6. The van der Waals surface area contributed by atoms with Gasteiger partial charge in [-0.05, 0) is 43.5 Å². The van der Waals surface area contributed by atoms with E-state index in [0.717, 1.165) is 17.7 Å². The second kappa shape index (κ2) is 19.1. The minimum absolute atomic E-state index is 0.0268. The van der Waals surface area contributed by atoms with Crippen molar-refractivity contribution >= 4 is 52.6 Å². The Morgan fingerprint density at radius 2 is 1.69 bits per heavy atom. The third-order valence-electron chi connectivity index (χ3n) is 9.30. The summed E-state index contributed by atoms with van der Waals surface area (Å²) >= 11 is 1.17. The van der Waals surface area contributed by atoms with Gasteiger partial charge in [0, 0.05) is 31.1 Å². The molecule has 3 aliphatic rings. The topological polar surface area (TPSA) is 244 Å². The quantitative estimate of drug-likeness (QED) is 0.0798. The first-order valence-corrected chi connectivity index (χ1v) is 19.7. The van der Waals surface area contributed by atoms with Crippen LogP contribution in [0.4, 0.5) is 5.82 Å². The maximum atomic E-state index is 13.3. The van der Waals surface area contributed by atoms with Gasteiger partial charge in [0.2, 0.25) is 23.6 Å². The van der Waals surface area contributed by atoms with Gasteiger partial charge < -0.3 is 34.3 Å². The summed E-state index contributed by atoms with van der Waals surface area (Å²) in [6, 6.07) is 7.03. The molecule has 1 saturated heterocycles. The highest BCUT2D eigenvalue weighted by molar-refractivity contribution is 7.17. The second-order valence-corrected chi connectivity index (χ2v) is 14.5. The molecule has 0 spiro atoms. The molecular weight excluding hydrogens is 791 g/mol. The van der Waals surface area contributed by atoms with Crippen molar-refractivity contribution in [2.45, 2.75) is 44.9 Å². The van der Waals surface area contributed by atoms with E-state index in [4.69, 9.17) is 23.7 Å². The van der Waals surface area contributed by atoms with Crippen LogP contribution in [0.2, 0.25) is 0 Å². The maximum Gasteiger partial charge on any atom is 0.266 e. The Labute approximate surface area is 340 Å². The van der Waals surface area contributed by atoms with E-state index in [1.54, 1.807) is 41.3 Å². The number of carbonyl (C=O) groups excluding carboxylic acids is 6. The standard InChI is InChI=1S/C38H41N9O11S/c1-39-34(51)31-35(43-36(59-31)23-9-10-40-28(19-23)41-32(49)22-5-6-22)57-18-17-56-16-15-55-14-13-54-12-11-46-20-24(44-45-46)21-58-27-4-2-3-25-30(27)38(53)47(37(25)52)26-7-8-29(48)42-33(26)50/h2-4,9-10,19-20,22,26H,5-8,11-18,21H2,1H3,(H,39,51)(H,40,41,49)(H,42,48,50). The molecule has 3 N–H and O–H groups in total. The molecule has 2 aliphatic heterocycles. The molecule has 5 heterocycles. The lowest BCUT2D eigenvalue weighted by atomic mass is 10.0. The largest absolute Gasteiger partial charge is 0.486 e. The summed E-state index contributed by atoms with van der Waals surface area (Å²) in [6.45, 7) is 2.47. The van der Waals surface area contributed by atoms with Crippen molar-refractivity contribution in [3.8, 4) is 22.2 Å². The maximum absolute atomic E-state index is 13.3. The number of piperidine rings is 1. The number of hydrogen-bond acceptors (Lipinski definition) is 16. The zero-order chi connectivity index (χ0) is 41.3. The van der Waals surface area contributed by atoms with Crippen LogP contribution in [0.5, 0.6) is 11.6 Å². The molecule has 1 atom stereocenters. The van der Waals surface area contributed by atoms with Crippen molar-refractivity contribution in [2.75, 3.05) is 58.6 Å². The summed E-state index contributed by atoms with van der Waals surface area (Å²) in [5.74, 6) is -1.97. The van der Waals surface area contributed by atoms with E-state index in [0.29, 0.717) is 66.5 Å². The highest BCUT2D eigenvalue weighted by atomic mass is 32.1. The van der Waals surface area contributed by atoms with Crippen molar-refractivity contribution in [1.82, 2.24) is 40.5 Å². The molecular formula is C38H41N9O11S. The van der Waals surface area contributed by atoms with Crippen LogP contribution >= 0.6 is 11.3 Å². The monoisotopic (exact) mass is 831 g/mol. The van der Waals surface area contributed by atoms with Crippen molar-refractivity contribution in [2.24, 2.45) is 5.92 Å². The number of anilines is 1. The molecule has 1 aromatic carbocycles. The molecule has 3 aromatic heterocycles. The van der Waals surface area contributed by atoms with E-state index in [-0.39, 0.29) is 73.2 Å². The lowest BCUT2D eigenvalue weighted by molar-refractivity contribution is -0.136. The Morgan fingerprint density at radius 1 is 0.932 bits per heavy atom. The minimum atomic E-state index is -1.07. The van der Waals surface area contributed by atoms with Crippen LogP contribution in [0.25, 0.3) is 10.6 Å². The van der Waals surface area contributed by atoms with E-state index >= 15 is 0 Å². The molecule has 2 fully saturated rings. The van der Waals surface area contributed by atoms with Crippen LogP contribution in [-0.2, 0) is 41.7 Å². The molecule has 7 rings (SSSR count). The number of pyridine rings is 1.